The molecule has 0 aliphatic heterocycles. The van der Waals surface area contributed by atoms with Crippen LogP contribution in [0.3, 0.4) is 0 Å². The lowest BCUT2D eigenvalue weighted by molar-refractivity contribution is -0.120. The molecule has 0 aromatic heterocycles. The van der Waals surface area contributed by atoms with Crippen LogP contribution in [0.15, 0.2) is 54.6 Å². The third-order valence-corrected chi connectivity index (χ3v) is 4.44. The van der Waals surface area contributed by atoms with Crippen LogP contribution < -0.4 is 10.6 Å². The van der Waals surface area contributed by atoms with E-state index in [2.05, 4.69) is 10.6 Å². The van der Waals surface area contributed by atoms with E-state index < -0.39 is 6.04 Å². The van der Waals surface area contributed by atoms with Gasteiger partial charge in [-0.2, -0.15) is 0 Å². The van der Waals surface area contributed by atoms with Crippen LogP contribution in [0.2, 0.25) is 0 Å². The SMILES string of the molecule is CCN(CC)C(=O)c1ccc(NC(=O)C[C@H](NC(C)=O)c2ccccc2)cc1. The Morgan fingerprint density at radius 2 is 1.54 bits per heavy atom. The first kappa shape index (κ1) is 21.2. The van der Waals surface area contributed by atoms with Crippen LogP contribution in [0.1, 0.15) is 49.2 Å². The monoisotopic (exact) mass is 381 g/mol. The van der Waals surface area contributed by atoms with E-state index in [4.69, 9.17) is 0 Å². The summed E-state index contributed by atoms with van der Waals surface area (Å²) in [5.74, 6) is -0.441. The van der Waals surface area contributed by atoms with Crippen molar-refractivity contribution in [2.24, 2.45) is 0 Å². The summed E-state index contributed by atoms with van der Waals surface area (Å²) in [5, 5.41) is 5.64. The normalized spacial score (nSPS) is 11.4. The Morgan fingerprint density at radius 3 is 2.07 bits per heavy atom. The van der Waals surface area contributed by atoms with Crippen LogP contribution in [-0.2, 0) is 9.59 Å². The van der Waals surface area contributed by atoms with Crippen molar-refractivity contribution < 1.29 is 14.4 Å². The van der Waals surface area contributed by atoms with Crippen molar-refractivity contribution in [3.05, 3.63) is 65.7 Å². The minimum atomic E-state index is -0.401. The molecular weight excluding hydrogens is 354 g/mol. The van der Waals surface area contributed by atoms with Crippen molar-refractivity contribution >= 4 is 23.4 Å². The number of carbonyl (C=O) groups is 3. The maximum Gasteiger partial charge on any atom is 0.253 e. The third kappa shape index (κ3) is 5.94. The van der Waals surface area contributed by atoms with Gasteiger partial charge in [0.15, 0.2) is 0 Å². The molecule has 148 valence electrons. The van der Waals surface area contributed by atoms with E-state index in [-0.39, 0.29) is 24.1 Å². The van der Waals surface area contributed by atoms with Gasteiger partial charge in [-0.3, -0.25) is 14.4 Å². The average molecular weight is 381 g/mol. The minimum Gasteiger partial charge on any atom is -0.349 e. The first-order valence-corrected chi connectivity index (χ1v) is 9.45. The highest BCUT2D eigenvalue weighted by Gasteiger charge is 2.17. The molecule has 2 aromatic carbocycles. The fourth-order valence-electron chi connectivity index (χ4n) is 2.97. The van der Waals surface area contributed by atoms with E-state index in [0.29, 0.717) is 24.3 Å². The summed E-state index contributed by atoms with van der Waals surface area (Å²) in [7, 11) is 0. The van der Waals surface area contributed by atoms with E-state index in [9.17, 15) is 14.4 Å². The second kappa shape index (κ2) is 10.3. The van der Waals surface area contributed by atoms with E-state index >= 15 is 0 Å². The van der Waals surface area contributed by atoms with Gasteiger partial charge in [0, 0.05) is 31.3 Å². The van der Waals surface area contributed by atoms with Crippen LogP contribution in [-0.4, -0.2) is 35.7 Å². The summed E-state index contributed by atoms with van der Waals surface area (Å²) in [4.78, 5) is 38.0. The topological polar surface area (TPSA) is 78.5 Å². The molecule has 0 saturated carbocycles. The predicted octanol–water partition coefficient (Wildman–Crippen LogP) is 3.37. The summed E-state index contributed by atoms with van der Waals surface area (Å²) in [6, 6.07) is 15.8. The number of anilines is 1. The van der Waals surface area contributed by atoms with Gasteiger partial charge in [-0.05, 0) is 43.7 Å². The van der Waals surface area contributed by atoms with Crippen LogP contribution in [0.25, 0.3) is 0 Å². The molecule has 0 aliphatic rings. The number of carbonyl (C=O) groups excluding carboxylic acids is 3. The van der Waals surface area contributed by atoms with Gasteiger partial charge < -0.3 is 15.5 Å². The highest BCUT2D eigenvalue weighted by Crippen LogP contribution is 2.18. The van der Waals surface area contributed by atoms with Gasteiger partial charge in [0.05, 0.1) is 12.5 Å². The second-order valence-electron chi connectivity index (χ2n) is 6.47. The summed E-state index contributed by atoms with van der Waals surface area (Å²) >= 11 is 0. The molecule has 1 atom stereocenters. The smallest absolute Gasteiger partial charge is 0.253 e. The Morgan fingerprint density at radius 1 is 0.929 bits per heavy atom. The Kier molecular flexibility index (Phi) is 7.75. The molecule has 2 rings (SSSR count). The molecule has 2 aromatic rings. The zero-order valence-corrected chi connectivity index (χ0v) is 16.6. The quantitative estimate of drug-likeness (QED) is 0.736. The van der Waals surface area contributed by atoms with Gasteiger partial charge in [0.2, 0.25) is 11.8 Å². The van der Waals surface area contributed by atoms with Crippen LogP contribution in [0.4, 0.5) is 5.69 Å². The minimum absolute atomic E-state index is 0.0299. The Labute approximate surface area is 165 Å². The third-order valence-electron chi connectivity index (χ3n) is 4.44. The molecule has 3 amide bonds. The van der Waals surface area contributed by atoms with Crippen molar-refractivity contribution in [1.29, 1.82) is 0 Å². The van der Waals surface area contributed by atoms with Gasteiger partial charge >= 0.3 is 0 Å². The number of benzene rings is 2. The summed E-state index contributed by atoms with van der Waals surface area (Å²) in [5.41, 5.74) is 2.06. The standard InChI is InChI=1S/C22H27N3O3/c1-4-25(5-2)22(28)18-11-13-19(14-12-18)24-21(27)15-20(23-16(3)26)17-9-7-6-8-10-17/h6-14,20H,4-5,15H2,1-3H3,(H,23,26)(H,24,27)/t20-/m0/s1. The van der Waals surface area contributed by atoms with Crippen LogP contribution >= 0.6 is 0 Å². The van der Waals surface area contributed by atoms with Crippen molar-refractivity contribution in [3.63, 3.8) is 0 Å². The molecule has 6 nitrogen and oxygen atoms in total. The second-order valence-corrected chi connectivity index (χ2v) is 6.47. The van der Waals surface area contributed by atoms with Crippen molar-refractivity contribution in [2.45, 2.75) is 33.2 Å². The van der Waals surface area contributed by atoms with Crippen molar-refractivity contribution in [1.82, 2.24) is 10.2 Å². The van der Waals surface area contributed by atoms with Gasteiger partial charge in [0.25, 0.3) is 5.91 Å². The summed E-state index contributed by atoms with van der Waals surface area (Å²) in [6.07, 6.45) is 0.115. The van der Waals surface area contributed by atoms with Crippen molar-refractivity contribution in [3.8, 4) is 0 Å². The maximum atomic E-state index is 12.5. The zero-order chi connectivity index (χ0) is 20.5. The van der Waals surface area contributed by atoms with E-state index in [1.54, 1.807) is 29.2 Å². The fourth-order valence-corrected chi connectivity index (χ4v) is 2.97. The first-order valence-electron chi connectivity index (χ1n) is 9.45. The van der Waals surface area contributed by atoms with Gasteiger partial charge in [-0.1, -0.05) is 30.3 Å². The number of hydrogen-bond acceptors (Lipinski definition) is 3. The predicted molar refractivity (Wildman–Crippen MR) is 110 cm³/mol. The number of hydrogen-bond donors (Lipinski definition) is 2. The molecular formula is C22H27N3O3. The van der Waals surface area contributed by atoms with Crippen LogP contribution in [0, 0.1) is 0 Å². The molecule has 0 aliphatic carbocycles. The molecule has 0 saturated heterocycles. The Balaban J connectivity index is 2.03. The molecule has 0 bridgehead atoms. The molecule has 0 unspecified atom stereocenters. The van der Waals surface area contributed by atoms with Gasteiger partial charge in [-0.15, -0.1) is 0 Å². The Hall–Kier alpha value is -3.15. The molecule has 0 spiro atoms. The molecule has 6 heteroatoms. The first-order chi connectivity index (χ1) is 13.4. The lowest BCUT2D eigenvalue weighted by atomic mass is 10.0. The molecule has 28 heavy (non-hydrogen) atoms. The van der Waals surface area contributed by atoms with Crippen LogP contribution in [0.5, 0.6) is 0 Å². The summed E-state index contributed by atoms with van der Waals surface area (Å²) in [6.45, 7) is 6.61. The maximum absolute atomic E-state index is 12.5. The fraction of sp³-hybridized carbons (Fsp3) is 0.318. The van der Waals surface area contributed by atoms with Gasteiger partial charge in [-0.25, -0.2) is 0 Å². The Bertz CT molecular complexity index is 800. The highest BCUT2D eigenvalue weighted by molar-refractivity contribution is 5.96. The number of nitrogens with zero attached hydrogens (tertiary/aromatic N) is 1. The van der Waals surface area contributed by atoms with E-state index in [1.807, 2.05) is 44.2 Å². The average Bonchev–Trinajstić information content (AvgIpc) is 2.69. The molecule has 0 heterocycles. The zero-order valence-electron chi connectivity index (χ0n) is 16.6. The molecule has 0 radical (unpaired) electrons. The number of rotatable bonds is 8. The van der Waals surface area contributed by atoms with Crippen molar-refractivity contribution in [2.75, 3.05) is 18.4 Å². The van der Waals surface area contributed by atoms with Gasteiger partial charge in [0.1, 0.15) is 0 Å². The lowest BCUT2D eigenvalue weighted by Gasteiger charge is -2.19. The lowest BCUT2D eigenvalue weighted by Crippen LogP contribution is -2.30. The van der Waals surface area contributed by atoms with E-state index in [0.717, 1.165) is 5.56 Å². The number of nitrogens with one attached hydrogen (secondary N) is 2. The summed E-state index contributed by atoms with van der Waals surface area (Å²) < 4.78 is 0. The number of amides is 3. The highest BCUT2D eigenvalue weighted by atomic mass is 16.2. The molecule has 2 N–H and O–H groups in total. The van der Waals surface area contributed by atoms with E-state index in [1.165, 1.54) is 6.92 Å². The molecule has 0 fully saturated rings. The largest absolute Gasteiger partial charge is 0.349 e.